The number of carbonyl (C=O) groups excluding carboxylic acids is 1. The van der Waals surface area contributed by atoms with Gasteiger partial charge >= 0.3 is 12.1 Å². The van der Waals surface area contributed by atoms with Gasteiger partial charge in [-0.15, -0.1) is 0 Å². The van der Waals surface area contributed by atoms with Crippen LogP contribution in [-0.4, -0.2) is 45.7 Å². The number of ether oxygens (including phenoxy) is 1. The highest BCUT2D eigenvalue weighted by Crippen LogP contribution is 2.35. The van der Waals surface area contributed by atoms with E-state index in [9.17, 15) is 14.7 Å². The summed E-state index contributed by atoms with van der Waals surface area (Å²) in [6, 6.07) is 9.32. The van der Waals surface area contributed by atoms with Crippen molar-refractivity contribution in [1.29, 1.82) is 0 Å². The molecule has 0 aromatic heterocycles. The van der Waals surface area contributed by atoms with Crippen LogP contribution in [0, 0.1) is 0 Å². The minimum Gasteiger partial charge on any atom is -0.479 e. The lowest BCUT2D eigenvalue weighted by molar-refractivity contribution is -0.148. The molecule has 1 fully saturated rings. The third-order valence-corrected chi connectivity index (χ3v) is 4.70. The first-order valence-corrected chi connectivity index (χ1v) is 7.55. The molecular formula is C14H17NO4S. The predicted octanol–water partition coefficient (Wildman–Crippen LogP) is 2.22. The van der Waals surface area contributed by atoms with Gasteiger partial charge in [-0.05, 0) is 12.5 Å². The molecule has 0 unspecified atom stereocenters. The van der Waals surface area contributed by atoms with Gasteiger partial charge in [-0.1, -0.05) is 30.3 Å². The van der Waals surface area contributed by atoms with E-state index < -0.39 is 17.6 Å². The van der Waals surface area contributed by atoms with Crippen LogP contribution in [0.25, 0.3) is 0 Å². The standard InChI is InChI=1S/C14H17NO4S/c1-2-15(14(12(16)17)9-20-10-14)13(18)19-8-11-6-4-3-5-7-11/h3-7H,2,8-10H2,1H3,(H,16,17). The zero-order chi connectivity index (χ0) is 14.6. The van der Waals surface area contributed by atoms with E-state index in [1.54, 1.807) is 6.92 Å². The molecule has 20 heavy (non-hydrogen) atoms. The number of hydrogen-bond donors (Lipinski definition) is 1. The van der Waals surface area contributed by atoms with E-state index in [4.69, 9.17) is 4.74 Å². The zero-order valence-electron chi connectivity index (χ0n) is 11.2. The van der Waals surface area contributed by atoms with E-state index in [0.717, 1.165) is 5.56 Å². The number of carboxylic acid groups (broad SMARTS) is 1. The van der Waals surface area contributed by atoms with Gasteiger partial charge in [-0.25, -0.2) is 9.59 Å². The maximum absolute atomic E-state index is 12.1. The summed E-state index contributed by atoms with van der Waals surface area (Å²) in [6.07, 6.45) is -0.570. The molecule has 0 radical (unpaired) electrons. The van der Waals surface area contributed by atoms with Crippen molar-refractivity contribution < 1.29 is 19.4 Å². The lowest BCUT2D eigenvalue weighted by Crippen LogP contribution is -2.65. The summed E-state index contributed by atoms with van der Waals surface area (Å²) in [5, 5.41) is 9.36. The van der Waals surface area contributed by atoms with E-state index in [2.05, 4.69) is 0 Å². The highest BCUT2D eigenvalue weighted by molar-refractivity contribution is 8.01. The number of carbonyl (C=O) groups is 2. The van der Waals surface area contributed by atoms with Gasteiger partial charge in [-0.2, -0.15) is 11.8 Å². The zero-order valence-corrected chi connectivity index (χ0v) is 12.1. The summed E-state index contributed by atoms with van der Waals surface area (Å²) in [6.45, 7) is 2.23. The topological polar surface area (TPSA) is 66.8 Å². The van der Waals surface area contributed by atoms with Crippen LogP contribution in [0.2, 0.25) is 0 Å². The second-order valence-electron chi connectivity index (χ2n) is 4.61. The fourth-order valence-corrected chi connectivity index (χ4v) is 3.24. The van der Waals surface area contributed by atoms with Crippen molar-refractivity contribution in [2.24, 2.45) is 0 Å². The number of amides is 1. The Morgan fingerprint density at radius 1 is 1.35 bits per heavy atom. The van der Waals surface area contributed by atoms with E-state index in [0.29, 0.717) is 18.1 Å². The molecule has 1 aromatic rings. The number of likely N-dealkylation sites (N-methyl/N-ethyl adjacent to an activating group) is 1. The van der Waals surface area contributed by atoms with Gasteiger partial charge in [0.05, 0.1) is 0 Å². The number of benzene rings is 1. The SMILES string of the molecule is CCN(C(=O)OCc1ccccc1)C1(C(=O)O)CSC1. The molecule has 1 amide bonds. The summed E-state index contributed by atoms with van der Waals surface area (Å²) in [5.74, 6) is -0.137. The molecule has 5 nitrogen and oxygen atoms in total. The molecule has 1 aromatic carbocycles. The van der Waals surface area contributed by atoms with Crippen LogP contribution < -0.4 is 0 Å². The summed E-state index contributed by atoms with van der Waals surface area (Å²) >= 11 is 1.52. The fourth-order valence-electron chi connectivity index (χ4n) is 2.09. The molecule has 0 spiro atoms. The largest absolute Gasteiger partial charge is 0.479 e. The number of aliphatic carboxylic acids is 1. The lowest BCUT2D eigenvalue weighted by atomic mass is 10.0. The summed E-state index contributed by atoms with van der Waals surface area (Å²) < 4.78 is 5.23. The first kappa shape index (κ1) is 14.7. The van der Waals surface area contributed by atoms with Crippen molar-refractivity contribution >= 4 is 23.8 Å². The smallest absolute Gasteiger partial charge is 0.411 e. The Labute approximate surface area is 121 Å². The Balaban J connectivity index is 2.01. The maximum atomic E-state index is 12.1. The molecule has 0 saturated carbocycles. The second kappa shape index (κ2) is 6.17. The molecule has 2 rings (SSSR count). The number of carboxylic acids is 1. The van der Waals surface area contributed by atoms with Crippen molar-refractivity contribution in [1.82, 2.24) is 4.90 Å². The molecule has 1 heterocycles. The van der Waals surface area contributed by atoms with E-state index in [1.165, 1.54) is 16.7 Å². The molecule has 108 valence electrons. The molecule has 1 saturated heterocycles. The molecule has 0 bridgehead atoms. The third-order valence-electron chi connectivity index (χ3n) is 3.34. The Morgan fingerprint density at radius 2 is 2.00 bits per heavy atom. The van der Waals surface area contributed by atoms with E-state index in [-0.39, 0.29) is 6.61 Å². The second-order valence-corrected chi connectivity index (χ2v) is 5.60. The molecule has 1 aliphatic rings. The van der Waals surface area contributed by atoms with Crippen LogP contribution >= 0.6 is 11.8 Å². The number of nitrogens with zero attached hydrogens (tertiary/aromatic N) is 1. The van der Waals surface area contributed by atoms with Crippen molar-refractivity contribution in [3.8, 4) is 0 Å². The highest BCUT2D eigenvalue weighted by Gasteiger charge is 2.52. The minimum atomic E-state index is -1.10. The quantitative estimate of drug-likeness (QED) is 0.902. The number of hydrogen-bond acceptors (Lipinski definition) is 4. The highest BCUT2D eigenvalue weighted by atomic mass is 32.2. The van der Waals surface area contributed by atoms with Crippen LogP contribution in [0.3, 0.4) is 0 Å². The first-order chi connectivity index (χ1) is 9.60. The minimum absolute atomic E-state index is 0.152. The van der Waals surface area contributed by atoms with Gasteiger partial charge in [0.25, 0.3) is 0 Å². The predicted molar refractivity (Wildman–Crippen MR) is 76.7 cm³/mol. The summed E-state index contributed by atoms with van der Waals surface area (Å²) in [5.41, 5.74) is -0.225. The number of rotatable bonds is 5. The molecule has 1 aliphatic heterocycles. The van der Waals surface area contributed by atoms with Crippen LogP contribution in [0.4, 0.5) is 4.79 Å². The molecule has 0 aliphatic carbocycles. The number of thioether (sulfide) groups is 1. The van der Waals surface area contributed by atoms with E-state index >= 15 is 0 Å². The van der Waals surface area contributed by atoms with Crippen LogP contribution in [-0.2, 0) is 16.1 Å². The molecule has 0 atom stereocenters. The Morgan fingerprint density at radius 3 is 2.45 bits per heavy atom. The van der Waals surface area contributed by atoms with Crippen molar-refractivity contribution in [2.75, 3.05) is 18.1 Å². The fraction of sp³-hybridized carbons (Fsp3) is 0.429. The van der Waals surface area contributed by atoms with Crippen molar-refractivity contribution in [3.05, 3.63) is 35.9 Å². The molecule has 1 N–H and O–H groups in total. The molecule has 6 heteroatoms. The maximum Gasteiger partial charge on any atom is 0.411 e. The summed E-state index contributed by atoms with van der Waals surface area (Å²) in [7, 11) is 0. The van der Waals surface area contributed by atoms with Crippen LogP contribution in [0.5, 0.6) is 0 Å². The Hall–Kier alpha value is -1.69. The normalized spacial score (nSPS) is 16.1. The Bertz CT molecular complexity index is 487. The van der Waals surface area contributed by atoms with Gasteiger partial charge in [0.15, 0.2) is 5.54 Å². The average Bonchev–Trinajstić information content (AvgIpc) is 2.40. The van der Waals surface area contributed by atoms with Gasteiger partial charge in [0.1, 0.15) is 6.61 Å². The average molecular weight is 295 g/mol. The van der Waals surface area contributed by atoms with Crippen LogP contribution in [0.1, 0.15) is 12.5 Å². The third kappa shape index (κ3) is 2.75. The molecular weight excluding hydrogens is 278 g/mol. The lowest BCUT2D eigenvalue weighted by Gasteiger charge is -2.44. The van der Waals surface area contributed by atoms with Gasteiger partial charge < -0.3 is 9.84 Å². The monoisotopic (exact) mass is 295 g/mol. The van der Waals surface area contributed by atoms with Crippen molar-refractivity contribution in [2.45, 2.75) is 19.1 Å². The first-order valence-electron chi connectivity index (χ1n) is 6.39. The van der Waals surface area contributed by atoms with Gasteiger partial charge in [0.2, 0.25) is 0 Å². The van der Waals surface area contributed by atoms with Crippen LogP contribution in [0.15, 0.2) is 30.3 Å². The van der Waals surface area contributed by atoms with Gasteiger partial charge in [0, 0.05) is 18.1 Å². The Kier molecular flexibility index (Phi) is 4.54. The van der Waals surface area contributed by atoms with Gasteiger partial charge in [-0.3, -0.25) is 4.90 Å². The van der Waals surface area contributed by atoms with E-state index in [1.807, 2.05) is 30.3 Å². The summed E-state index contributed by atoms with van der Waals surface area (Å²) in [4.78, 5) is 24.9. The van der Waals surface area contributed by atoms with Crippen molar-refractivity contribution in [3.63, 3.8) is 0 Å².